The van der Waals surface area contributed by atoms with Gasteiger partial charge in [-0.15, -0.1) is 24.0 Å². The molecule has 0 aliphatic carbocycles. The third kappa shape index (κ3) is 5.60. The topological polar surface area (TPSA) is 58.3 Å². The van der Waals surface area contributed by atoms with E-state index in [-0.39, 0.29) is 24.0 Å². The highest BCUT2D eigenvalue weighted by Gasteiger charge is 2.24. The highest BCUT2D eigenvalue weighted by Crippen LogP contribution is 2.24. The second-order valence-electron chi connectivity index (χ2n) is 6.87. The Hall–Kier alpha value is -1.29. The van der Waals surface area contributed by atoms with Crippen LogP contribution in [0.3, 0.4) is 0 Å². The molecule has 3 heterocycles. The van der Waals surface area contributed by atoms with Crippen molar-refractivity contribution in [1.29, 1.82) is 0 Å². The van der Waals surface area contributed by atoms with Crippen LogP contribution in [0.25, 0.3) is 5.82 Å². The fourth-order valence-corrected chi connectivity index (χ4v) is 4.37. The summed E-state index contributed by atoms with van der Waals surface area (Å²) in [5.41, 5.74) is 1.14. The number of nitrogens with one attached hydrogen (secondary N) is 1. The number of halogens is 1. The van der Waals surface area contributed by atoms with Crippen LogP contribution in [-0.2, 0) is 6.54 Å². The minimum atomic E-state index is 0. The molecule has 1 unspecified atom stereocenters. The van der Waals surface area contributed by atoms with Crippen LogP contribution in [0, 0.1) is 12.8 Å². The lowest BCUT2D eigenvalue weighted by atomic mass is 10.1. The summed E-state index contributed by atoms with van der Waals surface area (Å²) in [5.74, 6) is 4.64. The fraction of sp³-hybridized carbons (Fsp3) is 0.526. The Morgan fingerprint density at radius 1 is 1.37 bits per heavy atom. The van der Waals surface area contributed by atoms with Crippen molar-refractivity contribution >= 4 is 41.7 Å². The van der Waals surface area contributed by atoms with Gasteiger partial charge in [-0.3, -0.25) is 9.56 Å². The minimum Gasteiger partial charge on any atom is -0.352 e. The van der Waals surface area contributed by atoms with Crippen molar-refractivity contribution in [3.8, 4) is 5.82 Å². The van der Waals surface area contributed by atoms with E-state index in [2.05, 4.69) is 56.9 Å². The Morgan fingerprint density at radius 3 is 2.78 bits per heavy atom. The number of aryl methyl sites for hydroxylation is 1. The summed E-state index contributed by atoms with van der Waals surface area (Å²) in [5, 5.41) is 4.16. The fourth-order valence-electron chi connectivity index (χ4n) is 3.07. The molecule has 1 aliphatic heterocycles. The van der Waals surface area contributed by atoms with Gasteiger partial charge >= 0.3 is 0 Å². The third-order valence-electron chi connectivity index (χ3n) is 4.68. The SMILES string of the molecule is CN=C(NCc1ccc(-n2ccnc2C)nc1)N1CCSC(C(C)C)C1.I. The lowest BCUT2D eigenvalue weighted by molar-refractivity contribution is 0.380. The Labute approximate surface area is 183 Å². The molecule has 1 fully saturated rings. The lowest BCUT2D eigenvalue weighted by Crippen LogP contribution is -2.48. The quantitative estimate of drug-likeness (QED) is 0.397. The van der Waals surface area contributed by atoms with E-state index >= 15 is 0 Å². The molecule has 0 radical (unpaired) electrons. The number of hydrogen-bond donors (Lipinski definition) is 1. The molecular weight excluding hydrogens is 471 g/mol. The Balaban J connectivity index is 0.00000261. The molecule has 3 rings (SSSR count). The van der Waals surface area contributed by atoms with Gasteiger partial charge in [0.2, 0.25) is 0 Å². The number of thioether (sulfide) groups is 1. The van der Waals surface area contributed by atoms with Gasteiger partial charge < -0.3 is 10.2 Å². The van der Waals surface area contributed by atoms with Gasteiger partial charge in [0.25, 0.3) is 0 Å². The lowest BCUT2D eigenvalue weighted by Gasteiger charge is -2.36. The average molecular weight is 500 g/mol. The standard InChI is InChI=1S/C19H28N6S.HI/c1-14(2)17-13-24(9-10-26-17)19(20-4)23-12-16-5-6-18(22-11-16)25-8-7-21-15(25)3;/h5-8,11,14,17H,9-10,12-13H2,1-4H3,(H,20,23);1H. The van der Waals surface area contributed by atoms with Crippen LogP contribution >= 0.6 is 35.7 Å². The van der Waals surface area contributed by atoms with Crippen LogP contribution in [0.1, 0.15) is 25.2 Å². The molecule has 1 saturated heterocycles. The van der Waals surface area contributed by atoms with E-state index in [1.54, 1.807) is 6.20 Å². The zero-order valence-electron chi connectivity index (χ0n) is 16.4. The van der Waals surface area contributed by atoms with Crippen molar-refractivity contribution in [2.24, 2.45) is 10.9 Å². The predicted octanol–water partition coefficient (Wildman–Crippen LogP) is 3.34. The van der Waals surface area contributed by atoms with Crippen LogP contribution in [0.15, 0.2) is 35.7 Å². The Morgan fingerprint density at radius 2 is 2.19 bits per heavy atom. The number of aromatic nitrogens is 3. The van der Waals surface area contributed by atoms with Crippen LogP contribution < -0.4 is 5.32 Å². The molecule has 148 valence electrons. The van der Waals surface area contributed by atoms with E-state index in [1.807, 2.05) is 37.0 Å². The van der Waals surface area contributed by atoms with Crippen molar-refractivity contribution in [2.75, 3.05) is 25.9 Å². The first-order valence-corrected chi connectivity index (χ1v) is 10.2. The number of aliphatic imine (C=N–C) groups is 1. The number of rotatable bonds is 4. The molecule has 1 N–H and O–H groups in total. The van der Waals surface area contributed by atoms with Crippen LogP contribution in [0.2, 0.25) is 0 Å². The molecule has 0 bridgehead atoms. The highest BCUT2D eigenvalue weighted by molar-refractivity contribution is 14.0. The van der Waals surface area contributed by atoms with Crippen molar-refractivity contribution in [3.05, 3.63) is 42.1 Å². The summed E-state index contributed by atoms with van der Waals surface area (Å²) in [6, 6.07) is 4.13. The molecule has 2 aromatic rings. The second-order valence-corrected chi connectivity index (χ2v) is 8.22. The molecule has 0 amide bonds. The normalized spacial score (nSPS) is 17.7. The molecule has 0 saturated carbocycles. The van der Waals surface area contributed by atoms with E-state index in [0.29, 0.717) is 11.2 Å². The first-order valence-electron chi connectivity index (χ1n) is 9.11. The Kier molecular flexibility index (Phi) is 8.40. The largest absolute Gasteiger partial charge is 0.352 e. The number of pyridine rings is 1. The second kappa shape index (κ2) is 10.3. The summed E-state index contributed by atoms with van der Waals surface area (Å²) in [7, 11) is 1.86. The number of guanidine groups is 1. The van der Waals surface area contributed by atoms with E-state index in [0.717, 1.165) is 48.6 Å². The first-order chi connectivity index (χ1) is 12.6. The highest BCUT2D eigenvalue weighted by atomic mass is 127. The first kappa shape index (κ1) is 22.0. The summed E-state index contributed by atoms with van der Waals surface area (Å²) >= 11 is 2.08. The Bertz CT molecular complexity index is 743. The maximum absolute atomic E-state index is 4.56. The predicted molar refractivity (Wildman–Crippen MR) is 124 cm³/mol. The molecule has 2 aromatic heterocycles. The van der Waals surface area contributed by atoms with E-state index in [4.69, 9.17) is 0 Å². The van der Waals surface area contributed by atoms with E-state index in [9.17, 15) is 0 Å². The number of imidazole rings is 1. The molecule has 0 spiro atoms. The number of nitrogens with zero attached hydrogens (tertiary/aromatic N) is 5. The van der Waals surface area contributed by atoms with Crippen molar-refractivity contribution in [1.82, 2.24) is 24.8 Å². The van der Waals surface area contributed by atoms with Gasteiger partial charge in [-0.1, -0.05) is 19.9 Å². The molecule has 1 atom stereocenters. The molecular formula is C19H29IN6S. The van der Waals surface area contributed by atoms with Crippen molar-refractivity contribution in [3.63, 3.8) is 0 Å². The zero-order valence-corrected chi connectivity index (χ0v) is 19.6. The van der Waals surface area contributed by atoms with Crippen LogP contribution in [-0.4, -0.2) is 56.5 Å². The summed E-state index contributed by atoms with van der Waals surface area (Å²) in [6.07, 6.45) is 5.63. The summed E-state index contributed by atoms with van der Waals surface area (Å²) in [6.45, 7) is 9.39. The number of hydrogen-bond acceptors (Lipinski definition) is 4. The third-order valence-corrected chi connectivity index (χ3v) is 6.22. The van der Waals surface area contributed by atoms with Crippen LogP contribution in [0.4, 0.5) is 0 Å². The molecule has 1 aliphatic rings. The van der Waals surface area contributed by atoms with E-state index < -0.39 is 0 Å². The maximum Gasteiger partial charge on any atom is 0.193 e. The minimum absolute atomic E-state index is 0. The molecule has 8 heteroatoms. The molecule has 0 aromatic carbocycles. The van der Waals surface area contributed by atoms with Crippen LogP contribution in [0.5, 0.6) is 0 Å². The zero-order chi connectivity index (χ0) is 18.5. The maximum atomic E-state index is 4.56. The smallest absolute Gasteiger partial charge is 0.193 e. The van der Waals surface area contributed by atoms with Gasteiger partial charge in [-0.05, 0) is 24.5 Å². The summed E-state index contributed by atoms with van der Waals surface area (Å²) in [4.78, 5) is 15.7. The monoisotopic (exact) mass is 500 g/mol. The van der Waals surface area contributed by atoms with Gasteiger partial charge in [0.05, 0.1) is 0 Å². The van der Waals surface area contributed by atoms with Gasteiger partial charge in [0.1, 0.15) is 11.6 Å². The van der Waals surface area contributed by atoms with Crippen molar-refractivity contribution < 1.29 is 0 Å². The molecule has 6 nitrogen and oxygen atoms in total. The molecule has 27 heavy (non-hydrogen) atoms. The van der Waals surface area contributed by atoms with E-state index in [1.165, 1.54) is 0 Å². The van der Waals surface area contributed by atoms with Gasteiger partial charge in [-0.25, -0.2) is 9.97 Å². The van der Waals surface area contributed by atoms with Gasteiger partial charge in [0, 0.05) is 56.3 Å². The summed E-state index contributed by atoms with van der Waals surface area (Å²) < 4.78 is 1.98. The van der Waals surface area contributed by atoms with Gasteiger partial charge in [0.15, 0.2) is 5.96 Å². The average Bonchev–Trinajstić information content (AvgIpc) is 3.09. The van der Waals surface area contributed by atoms with Crippen molar-refractivity contribution in [2.45, 2.75) is 32.6 Å². The van der Waals surface area contributed by atoms with Gasteiger partial charge in [-0.2, -0.15) is 11.8 Å².